The third-order valence-electron chi connectivity index (χ3n) is 2.67. The Hall–Kier alpha value is -1.35. The van der Waals surface area contributed by atoms with Gasteiger partial charge in [-0.1, -0.05) is 17.7 Å². The van der Waals surface area contributed by atoms with Crippen molar-refractivity contribution in [2.24, 2.45) is 0 Å². The Morgan fingerprint density at radius 1 is 1.31 bits per heavy atom. The summed E-state index contributed by atoms with van der Waals surface area (Å²) in [6, 6.07) is 4.16. The molecule has 88 valence electrons. The first-order valence-electron chi connectivity index (χ1n) is 5.33. The van der Waals surface area contributed by atoms with Crippen LogP contribution in [0.15, 0.2) is 12.1 Å². The lowest BCUT2D eigenvalue weighted by molar-refractivity contribution is -0.149. The number of aryl methyl sites for hydroxylation is 3. The fourth-order valence-corrected chi connectivity index (χ4v) is 1.72. The topological polar surface area (TPSA) is 46.5 Å². The van der Waals surface area contributed by atoms with Gasteiger partial charge in [-0.2, -0.15) is 0 Å². The minimum absolute atomic E-state index is 0.353. The summed E-state index contributed by atoms with van der Waals surface area (Å²) in [5.74, 6) is -0.928. The lowest BCUT2D eigenvalue weighted by Gasteiger charge is -2.13. The quantitative estimate of drug-likeness (QED) is 0.851. The molecular weight excluding hydrogens is 204 g/mol. The molecule has 3 nitrogen and oxygen atoms in total. The Labute approximate surface area is 96.1 Å². The molecule has 0 spiro atoms. The van der Waals surface area contributed by atoms with Gasteiger partial charge in [-0.15, -0.1) is 0 Å². The summed E-state index contributed by atoms with van der Waals surface area (Å²) in [4.78, 5) is 10.6. The summed E-state index contributed by atoms with van der Waals surface area (Å²) >= 11 is 0. The highest BCUT2D eigenvalue weighted by atomic mass is 16.5. The van der Waals surface area contributed by atoms with E-state index in [-0.39, 0.29) is 0 Å². The van der Waals surface area contributed by atoms with E-state index in [0.717, 1.165) is 16.7 Å². The lowest BCUT2D eigenvalue weighted by atomic mass is 10.0. The zero-order valence-corrected chi connectivity index (χ0v) is 10.2. The molecule has 0 aliphatic rings. The zero-order chi connectivity index (χ0) is 12.3. The fraction of sp³-hybridized carbons (Fsp3) is 0.462. The van der Waals surface area contributed by atoms with Gasteiger partial charge < -0.3 is 9.84 Å². The number of aliphatic carboxylic acids is 1. The molecule has 3 heteroatoms. The van der Waals surface area contributed by atoms with Crippen molar-refractivity contribution < 1.29 is 14.6 Å². The number of rotatable bonds is 4. The molecule has 1 N–H and O–H groups in total. The monoisotopic (exact) mass is 222 g/mol. The summed E-state index contributed by atoms with van der Waals surface area (Å²) < 4.78 is 5.29. The van der Waals surface area contributed by atoms with E-state index in [9.17, 15) is 4.79 Å². The largest absolute Gasteiger partial charge is 0.479 e. The number of carbonyl (C=O) groups is 1. The molecule has 0 unspecified atom stereocenters. The normalized spacial score (nSPS) is 12.5. The molecule has 1 aromatic rings. The Bertz CT molecular complexity index is 373. The summed E-state index contributed by atoms with van der Waals surface area (Å²) in [5, 5.41) is 8.72. The van der Waals surface area contributed by atoms with Crippen LogP contribution in [0.5, 0.6) is 0 Å². The Kier molecular flexibility index (Phi) is 4.07. The van der Waals surface area contributed by atoms with E-state index in [1.807, 2.05) is 20.8 Å². The van der Waals surface area contributed by atoms with Crippen molar-refractivity contribution in [2.75, 3.05) is 0 Å². The summed E-state index contributed by atoms with van der Waals surface area (Å²) in [6.45, 7) is 7.98. The van der Waals surface area contributed by atoms with Crippen LogP contribution in [0.4, 0.5) is 0 Å². The highest BCUT2D eigenvalue weighted by Crippen LogP contribution is 2.17. The average Bonchev–Trinajstić information content (AvgIpc) is 2.15. The van der Waals surface area contributed by atoms with E-state index in [1.165, 1.54) is 5.56 Å². The van der Waals surface area contributed by atoms with Gasteiger partial charge in [-0.05, 0) is 44.4 Å². The molecule has 0 fully saturated rings. The van der Waals surface area contributed by atoms with Gasteiger partial charge in [0.1, 0.15) is 0 Å². The van der Waals surface area contributed by atoms with Gasteiger partial charge in [-0.25, -0.2) is 4.79 Å². The summed E-state index contributed by atoms with van der Waals surface area (Å²) in [5.41, 5.74) is 4.59. The van der Waals surface area contributed by atoms with Crippen molar-refractivity contribution in [1.29, 1.82) is 0 Å². The minimum Gasteiger partial charge on any atom is -0.479 e. The second kappa shape index (κ2) is 5.12. The van der Waals surface area contributed by atoms with Crippen molar-refractivity contribution in [3.63, 3.8) is 0 Å². The van der Waals surface area contributed by atoms with E-state index in [2.05, 4.69) is 12.1 Å². The number of ether oxygens (including phenoxy) is 1. The molecule has 1 rings (SSSR count). The van der Waals surface area contributed by atoms with Crippen LogP contribution in [0, 0.1) is 20.8 Å². The summed E-state index contributed by atoms with van der Waals surface area (Å²) in [7, 11) is 0. The average molecular weight is 222 g/mol. The molecule has 0 saturated heterocycles. The van der Waals surface area contributed by atoms with Crippen molar-refractivity contribution in [1.82, 2.24) is 0 Å². The van der Waals surface area contributed by atoms with Gasteiger partial charge in [0.05, 0.1) is 6.61 Å². The van der Waals surface area contributed by atoms with Crippen LogP contribution in [0.1, 0.15) is 29.2 Å². The first-order valence-corrected chi connectivity index (χ1v) is 5.33. The van der Waals surface area contributed by atoms with Crippen LogP contribution in [-0.2, 0) is 16.1 Å². The Morgan fingerprint density at radius 3 is 2.25 bits per heavy atom. The summed E-state index contributed by atoms with van der Waals surface area (Å²) in [6.07, 6.45) is -0.764. The highest BCUT2D eigenvalue weighted by molar-refractivity contribution is 5.71. The third-order valence-corrected chi connectivity index (χ3v) is 2.67. The van der Waals surface area contributed by atoms with Gasteiger partial charge >= 0.3 is 5.97 Å². The van der Waals surface area contributed by atoms with Crippen LogP contribution in [0.2, 0.25) is 0 Å². The van der Waals surface area contributed by atoms with Crippen molar-refractivity contribution in [3.05, 3.63) is 34.4 Å². The second-order valence-electron chi connectivity index (χ2n) is 4.17. The van der Waals surface area contributed by atoms with E-state index < -0.39 is 12.1 Å². The first kappa shape index (κ1) is 12.7. The van der Waals surface area contributed by atoms with Gasteiger partial charge in [0.2, 0.25) is 0 Å². The Balaban J connectivity index is 2.78. The van der Waals surface area contributed by atoms with Crippen LogP contribution >= 0.6 is 0 Å². The number of carboxylic acid groups (broad SMARTS) is 1. The predicted octanol–water partition coefficient (Wildman–Crippen LogP) is 2.60. The predicted molar refractivity (Wildman–Crippen MR) is 62.5 cm³/mol. The molecule has 16 heavy (non-hydrogen) atoms. The standard InChI is InChI=1S/C13H18O3/c1-8-5-9(2)12(10(3)6-8)7-16-11(4)13(14)15/h5-6,11H,7H2,1-4H3,(H,14,15)/t11-/m0/s1. The lowest BCUT2D eigenvalue weighted by Crippen LogP contribution is -2.20. The van der Waals surface area contributed by atoms with Crippen LogP contribution in [0.25, 0.3) is 0 Å². The maximum Gasteiger partial charge on any atom is 0.332 e. The first-order chi connectivity index (χ1) is 7.41. The van der Waals surface area contributed by atoms with E-state index in [4.69, 9.17) is 9.84 Å². The van der Waals surface area contributed by atoms with Crippen LogP contribution in [0.3, 0.4) is 0 Å². The van der Waals surface area contributed by atoms with Crippen LogP contribution in [-0.4, -0.2) is 17.2 Å². The molecule has 0 amide bonds. The number of hydrogen-bond donors (Lipinski definition) is 1. The maximum absolute atomic E-state index is 10.6. The number of benzene rings is 1. The van der Waals surface area contributed by atoms with Gasteiger partial charge in [-0.3, -0.25) is 0 Å². The molecule has 1 atom stereocenters. The van der Waals surface area contributed by atoms with Crippen molar-refractivity contribution >= 4 is 5.97 Å². The van der Waals surface area contributed by atoms with Crippen LogP contribution < -0.4 is 0 Å². The third kappa shape index (κ3) is 3.07. The fourth-order valence-electron chi connectivity index (χ4n) is 1.72. The molecule has 0 heterocycles. The number of hydrogen-bond acceptors (Lipinski definition) is 2. The minimum atomic E-state index is -0.928. The van der Waals surface area contributed by atoms with Crippen molar-refractivity contribution in [2.45, 2.75) is 40.4 Å². The molecule has 0 aliphatic heterocycles. The van der Waals surface area contributed by atoms with Crippen molar-refractivity contribution in [3.8, 4) is 0 Å². The van der Waals surface area contributed by atoms with E-state index in [0.29, 0.717) is 6.61 Å². The Morgan fingerprint density at radius 2 is 1.81 bits per heavy atom. The smallest absolute Gasteiger partial charge is 0.332 e. The molecule has 0 saturated carbocycles. The molecular formula is C13H18O3. The van der Waals surface area contributed by atoms with Gasteiger partial charge in [0, 0.05) is 0 Å². The molecule has 0 bridgehead atoms. The van der Waals surface area contributed by atoms with E-state index >= 15 is 0 Å². The molecule has 0 radical (unpaired) electrons. The SMILES string of the molecule is Cc1cc(C)c(CO[C@@H](C)C(=O)O)c(C)c1. The second-order valence-corrected chi connectivity index (χ2v) is 4.17. The number of carboxylic acids is 1. The molecule has 0 aliphatic carbocycles. The zero-order valence-electron chi connectivity index (χ0n) is 10.2. The maximum atomic E-state index is 10.6. The van der Waals surface area contributed by atoms with Gasteiger partial charge in [0.15, 0.2) is 6.10 Å². The van der Waals surface area contributed by atoms with Gasteiger partial charge in [0.25, 0.3) is 0 Å². The van der Waals surface area contributed by atoms with E-state index in [1.54, 1.807) is 6.92 Å². The highest BCUT2D eigenvalue weighted by Gasteiger charge is 2.12. The molecule has 1 aromatic carbocycles. The molecule has 0 aromatic heterocycles.